The van der Waals surface area contributed by atoms with Crippen molar-refractivity contribution in [1.29, 1.82) is 0 Å². The Bertz CT molecular complexity index is 1300. The molecule has 2 amide bonds. The third kappa shape index (κ3) is 5.11. The lowest BCUT2D eigenvalue weighted by molar-refractivity contribution is -0.141. The number of nitrogens with zero attached hydrogens (tertiary/aromatic N) is 2. The Kier molecular flexibility index (Phi) is 6.77. The number of aromatic amines is 1. The zero-order valence-electron chi connectivity index (χ0n) is 21.9. The molecular formula is C29H34F3N5O2. The number of piperidine rings is 1. The molecule has 7 nitrogen and oxygen atoms in total. The number of hydrogen-bond acceptors (Lipinski definition) is 4. The molecule has 1 saturated carbocycles. The second-order valence-corrected chi connectivity index (χ2v) is 11.6. The minimum absolute atomic E-state index is 0.0921. The van der Waals surface area contributed by atoms with Gasteiger partial charge in [-0.25, -0.2) is 0 Å². The zero-order chi connectivity index (χ0) is 27.3. The monoisotopic (exact) mass is 541 g/mol. The van der Waals surface area contributed by atoms with Crippen molar-refractivity contribution in [3.8, 4) is 0 Å². The van der Waals surface area contributed by atoms with Gasteiger partial charge < -0.3 is 15.5 Å². The van der Waals surface area contributed by atoms with Crippen LogP contribution in [0, 0.1) is 5.92 Å². The van der Waals surface area contributed by atoms with Gasteiger partial charge in [0, 0.05) is 47.6 Å². The number of halogens is 3. The Hall–Kier alpha value is -3.14. The summed E-state index contributed by atoms with van der Waals surface area (Å²) in [5.74, 6) is 0.156. The van der Waals surface area contributed by atoms with Gasteiger partial charge in [0.05, 0.1) is 0 Å². The maximum absolute atomic E-state index is 13.2. The van der Waals surface area contributed by atoms with Crippen LogP contribution in [-0.2, 0) is 36.8 Å². The Morgan fingerprint density at radius 3 is 2.72 bits per heavy atom. The van der Waals surface area contributed by atoms with E-state index in [2.05, 4.69) is 33.5 Å². The smallest absolute Gasteiger partial charge is 0.329 e. The number of rotatable bonds is 5. The van der Waals surface area contributed by atoms with Crippen molar-refractivity contribution in [2.75, 3.05) is 0 Å². The summed E-state index contributed by atoms with van der Waals surface area (Å²) >= 11 is 0. The van der Waals surface area contributed by atoms with Gasteiger partial charge in [-0.3, -0.25) is 14.7 Å². The molecule has 0 bridgehead atoms. The number of carbonyl (C=O) groups is 2. The molecule has 1 aromatic carbocycles. The van der Waals surface area contributed by atoms with E-state index in [-0.39, 0.29) is 17.9 Å². The molecule has 4 aliphatic rings. The molecule has 1 aromatic heterocycles. The van der Waals surface area contributed by atoms with Gasteiger partial charge in [0.25, 0.3) is 5.91 Å². The fourth-order valence-corrected chi connectivity index (χ4v) is 6.99. The normalized spacial score (nSPS) is 27.4. The number of allylic oxidation sites excluding steroid dienone is 1. The first-order valence-corrected chi connectivity index (χ1v) is 14.0. The Morgan fingerprint density at radius 1 is 1.10 bits per heavy atom. The van der Waals surface area contributed by atoms with Gasteiger partial charge in [-0.05, 0) is 68.1 Å². The van der Waals surface area contributed by atoms with E-state index in [9.17, 15) is 22.8 Å². The Labute approximate surface area is 225 Å². The lowest BCUT2D eigenvalue weighted by atomic mass is 9.79. The van der Waals surface area contributed by atoms with Crippen LogP contribution in [0.15, 0.2) is 30.5 Å². The summed E-state index contributed by atoms with van der Waals surface area (Å²) < 4.78 is 39.7. The molecule has 0 spiro atoms. The predicted octanol–water partition coefficient (Wildman–Crippen LogP) is 4.43. The molecule has 1 saturated heterocycles. The molecule has 2 fully saturated rings. The molecular weight excluding hydrogens is 507 g/mol. The summed E-state index contributed by atoms with van der Waals surface area (Å²) in [6.45, 7) is 4.27. The van der Waals surface area contributed by atoms with E-state index in [1.165, 1.54) is 5.56 Å². The molecule has 10 heteroatoms. The maximum atomic E-state index is 13.2. The van der Waals surface area contributed by atoms with Crippen LogP contribution in [-0.4, -0.2) is 45.0 Å². The lowest BCUT2D eigenvalue weighted by Gasteiger charge is -2.36. The first kappa shape index (κ1) is 26.1. The molecule has 0 radical (unpaired) electrons. The summed E-state index contributed by atoms with van der Waals surface area (Å²) in [5, 5.41) is 12.8. The number of fused-ring (bicyclic) bond motifs is 2. The van der Waals surface area contributed by atoms with E-state index in [4.69, 9.17) is 0 Å². The number of hydrogen-bond donors (Lipinski definition) is 3. The van der Waals surface area contributed by atoms with Gasteiger partial charge >= 0.3 is 6.18 Å². The zero-order valence-corrected chi connectivity index (χ0v) is 21.9. The number of nitrogens with one attached hydrogen (secondary N) is 3. The van der Waals surface area contributed by atoms with Crippen LogP contribution in [0.5, 0.6) is 0 Å². The molecule has 3 heterocycles. The van der Waals surface area contributed by atoms with E-state index < -0.39 is 17.9 Å². The topological polar surface area (TPSA) is 90.1 Å². The van der Waals surface area contributed by atoms with Crippen LogP contribution in [0.3, 0.4) is 0 Å². The van der Waals surface area contributed by atoms with Crippen molar-refractivity contribution in [2.45, 2.75) is 95.1 Å². The van der Waals surface area contributed by atoms with Crippen molar-refractivity contribution >= 4 is 11.8 Å². The molecule has 208 valence electrons. The number of amides is 2. The Balaban J connectivity index is 1.11. The standard InChI is InChI=1S/C29H34F3N5O2/c1-16-6-11-25(27(38)33-16)37-15-19-13-17(7-9-21(19)28(37)39)12-18-4-2-3-5-23(18)34-20-8-10-22-24(14-20)35-36-26(22)29(30,31)32/h7,9,13,18,20,23,25,34H,1-6,8,10-12,14-15H2,(H,33,38)(H,35,36)/t18-,20+,23+,25?/m1/s1. The highest BCUT2D eigenvalue weighted by Gasteiger charge is 2.40. The second kappa shape index (κ2) is 10.1. The number of aromatic nitrogens is 2. The highest BCUT2D eigenvalue weighted by molar-refractivity contribution is 6.01. The van der Waals surface area contributed by atoms with Crippen LogP contribution in [0.4, 0.5) is 13.2 Å². The van der Waals surface area contributed by atoms with E-state index in [0.717, 1.165) is 37.7 Å². The third-order valence-electron chi connectivity index (χ3n) is 8.97. The van der Waals surface area contributed by atoms with Crippen LogP contribution in [0.25, 0.3) is 0 Å². The van der Waals surface area contributed by atoms with Crippen LogP contribution < -0.4 is 10.6 Å². The number of H-pyrrole nitrogens is 1. The highest BCUT2D eigenvalue weighted by Crippen LogP contribution is 2.36. The molecule has 2 aliphatic carbocycles. The highest BCUT2D eigenvalue weighted by atomic mass is 19.4. The van der Waals surface area contributed by atoms with Gasteiger partial charge in [-0.15, -0.1) is 0 Å². The number of alkyl halides is 3. The SMILES string of the molecule is C=C1CCC(N2Cc3cc(C[C@H]4CCCC[C@@H]4N[C@H]4CCc5c(C(F)(F)F)n[nH]c5C4)ccc3C2=O)C(=O)N1. The second-order valence-electron chi connectivity index (χ2n) is 11.6. The molecule has 6 rings (SSSR count). The van der Waals surface area contributed by atoms with Crippen molar-refractivity contribution in [1.82, 2.24) is 25.7 Å². The van der Waals surface area contributed by atoms with Crippen molar-refractivity contribution in [2.24, 2.45) is 5.92 Å². The van der Waals surface area contributed by atoms with Crippen molar-refractivity contribution in [3.05, 3.63) is 64.1 Å². The van der Waals surface area contributed by atoms with Gasteiger partial charge in [0.15, 0.2) is 5.69 Å². The minimum Gasteiger partial charge on any atom is -0.329 e. The summed E-state index contributed by atoms with van der Waals surface area (Å²) in [6, 6.07) is 5.99. The van der Waals surface area contributed by atoms with Crippen LogP contribution in [0.1, 0.15) is 83.4 Å². The summed E-state index contributed by atoms with van der Waals surface area (Å²) in [6.07, 6.45) is 3.71. The summed E-state index contributed by atoms with van der Waals surface area (Å²) in [7, 11) is 0. The van der Waals surface area contributed by atoms with Crippen molar-refractivity contribution < 1.29 is 22.8 Å². The minimum atomic E-state index is -4.42. The van der Waals surface area contributed by atoms with E-state index in [0.29, 0.717) is 73.1 Å². The molecule has 1 unspecified atom stereocenters. The maximum Gasteiger partial charge on any atom is 0.435 e. The van der Waals surface area contributed by atoms with Gasteiger partial charge in [-0.1, -0.05) is 31.6 Å². The van der Waals surface area contributed by atoms with Crippen LogP contribution in [0.2, 0.25) is 0 Å². The first-order valence-electron chi connectivity index (χ1n) is 14.0. The predicted molar refractivity (Wildman–Crippen MR) is 139 cm³/mol. The molecule has 3 N–H and O–H groups in total. The average Bonchev–Trinajstić information content (AvgIpc) is 3.46. The fourth-order valence-electron chi connectivity index (χ4n) is 6.99. The largest absolute Gasteiger partial charge is 0.435 e. The van der Waals surface area contributed by atoms with E-state index >= 15 is 0 Å². The van der Waals surface area contributed by atoms with Gasteiger partial charge in [0.1, 0.15) is 6.04 Å². The first-order chi connectivity index (χ1) is 18.7. The van der Waals surface area contributed by atoms with Gasteiger partial charge in [-0.2, -0.15) is 18.3 Å². The Morgan fingerprint density at radius 2 is 1.92 bits per heavy atom. The van der Waals surface area contributed by atoms with Crippen molar-refractivity contribution in [3.63, 3.8) is 0 Å². The molecule has 2 aromatic rings. The molecule has 2 aliphatic heterocycles. The number of benzene rings is 1. The summed E-state index contributed by atoms with van der Waals surface area (Å²) in [5.41, 5.74) is 3.66. The molecule has 4 atom stereocenters. The third-order valence-corrected chi connectivity index (χ3v) is 8.97. The fraction of sp³-hybridized carbons (Fsp3) is 0.552. The number of carbonyl (C=O) groups excluding carboxylic acids is 2. The summed E-state index contributed by atoms with van der Waals surface area (Å²) in [4.78, 5) is 27.3. The molecule has 39 heavy (non-hydrogen) atoms. The van der Waals surface area contributed by atoms with Crippen LogP contribution >= 0.6 is 0 Å². The average molecular weight is 542 g/mol. The quantitative estimate of drug-likeness (QED) is 0.523. The van der Waals surface area contributed by atoms with E-state index in [1.54, 1.807) is 4.90 Å². The van der Waals surface area contributed by atoms with E-state index in [1.807, 2.05) is 12.1 Å². The lowest BCUT2D eigenvalue weighted by Crippen LogP contribution is -2.49. The van der Waals surface area contributed by atoms with Gasteiger partial charge in [0.2, 0.25) is 5.91 Å².